The van der Waals surface area contributed by atoms with Gasteiger partial charge in [0.1, 0.15) is 5.75 Å². The molecule has 2 aromatic rings. The van der Waals surface area contributed by atoms with Crippen LogP contribution in [0.4, 0.5) is 0 Å². The minimum atomic E-state index is -0.0265. The lowest BCUT2D eigenvalue weighted by atomic mass is 10.2. The zero-order valence-corrected chi connectivity index (χ0v) is 13.2. The van der Waals surface area contributed by atoms with E-state index in [-0.39, 0.29) is 17.4 Å². The molecule has 22 heavy (non-hydrogen) atoms. The van der Waals surface area contributed by atoms with Crippen molar-refractivity contribution in [2.75, 3.05) is 12.3 Å². The van der Waals surface area contributed by atoms with Crippen molar-refractivity contribution in [3.05, 3.63) is 24.3 Å². The van der Waals surface area contributed by atoms with Gasteiger partial charge in [0.05, 0.1) is 11.4 Å². The van der Waals surface area contributed by atoms with Crippen LogP contribution in [0.15, 0.2) is 29.4 Å². The highest BCUT2D eigenvalue weighted by Crippen LogP contribution is 2.19. The molecule has 0 unspecified atom stereocenters. The lowest BCUT2D eigenvalue weighted by Gasteiger charge is -2.05. The van der Waals surface area contributed by atoms with Crippen molar-refractivity contribution < 1.29 is 9.90 Å². The number of rotatable bonds is 8. The number of unbranched alkanes of at least 4 members (excludes halogenated alkanes) is 2. The van der Waals surface area contributed by atoms with Gasteiger partial charge in [-0.05, 0) is 41.1 Å². The third-order valence-electron chi connectivity index (χ3n) is 2.97. The van der Waals surface area contributed by atoms with Crippen LogP contribution in [0.3, 0.4) is 0 Å². The Morgan fingerprint density at radius 1 is 1.32 bits per heavy atom. The molecule has 0 aliphatic carbocycles. The first-order valence-electron chi connectivity index (χ1n) is 7.18. The van der Waals surface area contributed by atoms with Gasteiger partial charge in [-0.1, -0.05) is 31.5 Å². The standard InChI is InChI=1S/C14H19N5O2S/c1-2-3-4-9-15-13(21)10-22-14-16-17-18-19(14)11-5-7-12(20)8-6-11/h5-8,20H,2-4,9-10H2,1H3,(H,15,21). The number of phenolic OH excluding ortho intramolecular Hbond substituents is 1. The van der Waals surface area contributed by atoms with Crippen molar-refractivity contribution >= 4 is 17.7 Å². The zero-order chi connectivity index (χ0) is 15.8. The molecule has 0 bridgehead atoms. The smallest absolute Gasteiger partial charge is 0.230 e. The Hall–Kier alpha value is -2.09. The molecular formula is C14H19N5O2S. The van der Waals surface area contributed by atoms with E-state index in [0.29, 0.717) is 11.7 Å². The minimum absolute atomic E-state index is 0.0265. The average molecular weight is 321 g/mol. The fraction of sp³-hybridized carbons (Fsp3) is 0.429. The lowest BCUT2D eigenvalue weighted by molar-refractivity contribution is -0.118. The number of nitrogens with zero attached hydrogens (tertiary/aromatic N) is 4. The highest BCUT2D eigenvalue weighted by molar-refractivity contribution is 7.99. The van der Waals surface area contributed by atoms with E-state index in [0.717, 1.165) is 24.9 Å². The fourth-order valence-electron chi connectivity index (χ4n) is 1.81. The molecule has 0 aliphatic rings. The summed E-state index contributed by atoms with van der Waals surface area (Å²) in [5, 5.41) is 24.2. The number of phenols is 1. The molecule has 118 valence electrons. The van der Waals surface area contributed by atoms with Gasteiger partial charge in [-0.2, -0.15) is 4.68 Å². The Kier molecular flexibility index (Phi) is 6.20. The summed E-state index contributed by atoms with van der Waals surface area (Å²) in [6.45, 7) is 2.83. The second-order valence-corrected chi connectivity index (χ2v) is 5.68. The molecule has 1 aromatic carbocycles. The monoisotopic (exact) mass is 321 g/mol. The molecule has 0 saturated carbocycles. The predicted octanol–water partition coefficient (Wildman–Crippen LogP) is 1.77. The summed E-state index contributed by atoms with van der Waals surface area (Å²) in [5.41, 5.74) is 0.730. The number of amides is 1. The topological polar surface area (TPSA) is 92.9 Å². The van der Waals surface area contributed by atoms with Crippen LogP contribution in [-0.4, -0.2) is 43.5 Å². The maximum absolute atomic E-state index is 11.8. The van der Waals surface area contributed by atoms with Crippen LogP contribution in [0.1, 0.15) is 26.2 Å². The molecule has 8 heteroatoms. The third-order valence-corrected chi connectivity index (χ3v) is 3.89. The van der Waals surface area contributed by atoms with E-state index < -0.39 is 0 Å². The lowest BCUT2D eigenvalue weighted by Crippen LogP contribution is -2.26. The van der Waals surface area contributed by atoms with Crippen molar-refractivity contribution in [1.29, 1.82) is 0 Å². The molecule has 2 rings (SSSR count). The number of carbonyl (C=O) groups is 1. The van der Waals surface area contributed by atoms with Crippen LogP contribution in [-0.2, 0) is 4.79 Å². The molecule has 2 N–H and O–H groups in total. The second kappa shape index (κ2) is 8.38. The number of nitrogens with one attached hydrogen (secondary N) is 1. The van der Waals surface area contributed by atoms with Crippen LogP contribution in [0.25, 0.3) is 5.69 Å². The SMILES string of the molecule is CCCCCNC(=O)CSc1nnnn1-c1ccc(O)cc1. The largest absolute Gasteiger partial charge is 0.508 e. The van der Waals surface area contributed by atoms with Gasteiger partial charge in [0, 0.05) is 6.54 Å². The molecule has 0 fully saturated rings. The second-order valence-electron chi connectivity index (χ2n) is 4.74. The van der Waals surface area contributed by atoms with Gasteiger partial charge in [-0.25, -0.2) is 0 Å². The first-order chi connectivity index (χ1) is 10.7. The summed E-state index contributed by atoms with van der Waals surface area (Å²) >= 11 is 1.28. The molecule has 0 atom stereocenters. The van der Waals surface area contributed by atoms with E-state index in [1.807, 2.05) is 0 Å². The van der Waals surface area contributed by atoms with Crippen molar-refractivity contribution in [3.63, 3.8) is 0 Å². The van der Waals surface area contributed by atoms with Crippen molar-refractivity contribution in [3.8, 4) is 11.4 Å². The number of tetrazole rings is 1. The number of hydrogen-bond donors (Lipinski definition) is 2. The maximum atomic E-state index is 11.8. The predicted molar refractivity (Wildman–Crippen MR) is 84.1 cm³/mol. The van der Waals surface area contributed by atoms with Crippen LogP contribution >= 0.6 is 11.8 Å². The van der Waals surface area contributed by atoms with E-state index in [1.54, 1.807) is 24.3 Å². The molecule has 0 aliphatic heterocycles. The maximum Gasteiger partial charge on any atom is 0.230 e. The Morgan fingerprint density at radius 3 is 2.82 bits per heavy atom. The number of aromatic hydroxyl groups is 1. The molecule has 1 amide bonds. The molecule has 7 nitrogen and oxygen atoms in total. The first kappa shape index (κ1) is 16.3. The number of benzene rings is 1. The third kappa shape index (κ3) is 4.73. The fourth-order valence-corrected chi connectivity index (χ4v) is 2.53. The summed E-state index contributed by atoms with van der Waals surface area (Å²) in [7, 11) is 0. The van der Waals surface area contributed by atoms with Crippen molar-refractivity contribution in [2.45, 2.75) is 31.3 Å². The zero-order valence-electron chi connectivity index (χ0n) is 12.4. The summed E-state index contributed by atoms with van der Waals surface area (Å²) < 4.78 is 1.54. The number of carbonyl (C=O) groups excluding carboxylic acids is 1. The van der Waals surface area contributed by atoms with Crippen molar-refractivity contribution in [1.82, 2.24) is 25.5 Å². The Labute approximate surface area is 133 Å². The van der Waals surface area contributed by atoms with Gasteiger partial charge in [0.15, 0.2) is 0 Å². The van der Waals surface area contributed by atoms with Gasteiger partial charge >= 0.3 is 0 Å². The molecule has 0 spiro atoms. The van der Waals surface area contributed by atoms with Crippen LogP contribution < -0.4 is 5.32 Å². The highest BCUT2D eigenvalue weighted by Gasteiger charge is 2.11. The van der Waals surface area contributed by atoms with Crippen LogP contribution in [0, 0.1) is 0 Å². The molecule has 1 aromatic heterocycles. The summed E-state index contributed by atoms with van der Waals surface area (Å²) in [6, 6.07) is 6.54. The number of thioether (sulfide) groups is 1. The quantitative estimate of drug-likeness (QED) is 0.568. The molecule has 1 heterocycles. The van der Waals surface area contributed by atoms with E-state index in [2.05, 4.69) is 27.8 Å². The summed E-state index contributed by atoms with van der Waals surface area (Å²) in [6.07, 6.45) is 3.25. The summed E-state index contributed by atoms with van der Waals surface area (Å²) in [4.78, 5) is 11.8. The molecule has 0 radical (unpaired) electrons. The summed E-state index contributed by atoms with van der Waals surface area (Å²) in [5.74, 6) is 0.420. The van der Waals surface area contributed by atoms with Gasteiger partial charge in [0.25, 0.3) is 0 Å². The Bertz CT molecular complexity index is 600. The first-order valence-corrected chi connectivity index (χ1v) is 8.16. The molecular weight excluding hydrogens is 302 g/mol. The van der Waals surface area contributed by atoms with Crippen LogP contribution in [0.2, 0.25) is 0 Å². The van der Waals surface area contributed by atoms with E-state index in [4.69, 9.17) is 0 Å². The molecule has 0 saturated heterocycles. The van der Waals surface area contributed by atoms with Gasteiger partial charge < -0.3 is 10.4 Å². The highest BCUT2D eigenvalue weighted by atomic mass is 32.2. The van der Waals surface area contributed by atoms with Gasteiger partial charge in [0.2, 0.25) is 11.1 Å². The van der Waals surface area contributed by atoms with E-state index in [1.165, 1.54) is 16.4 Å². The normalized spacial score (nSPS) is 10.6. The van der Waals surface area contributed by atoms with E-state index >= 15 is 0 Å². The number of aromatic nitrogens is 4. The van der Waals surface area contributed by atoms with Gasteiger partial charge in [-0.15, -0.1) is 5.10 Å². The Balaban J connectivity index is 1.88. The van der Waals surface area contributed by atoms with Crippen LogP contribution in [0.5, 0.6) is 5.75 Å². The van der Waals surface area contributed by atoms with Crippen molar-refractivity contribution in [2.24, 2.45) is 0 Å². The Morgan fingerprint density at radius 2 is 2.09 bits per heavy atom. The minimum Gasteiger partial charge on any atom is -0.508 e. The van der Waals surface area contributed by atoms with E-state index in [9.17, 15) is 9.90 Å². The number of hydrogen-bond acceptors (Lipinski definition) is 6. The van der Waals surface area contributed by atoms with Gasteiger partial charge in [-0.3, -0.25) is 4.79 Å². The average Bonchev–Trinajstić information content (AvgIpc) is 2.99.